The third-order valence-corrected chi connectivity index (χ3v) is 2.67. The maximum Gasteiger partial charge on any atom is 0.262 e. The van der Waals surface area contributed by atoms with E-state index in [1.54, 1.807) is 24.3 Å². The molecule has 0 spiro atoms. The minimum absolute atomic E-state index is 0.0204. The highest BCUT2D eigenvalue weighted by molar-refractivity contribution is 5.92. The molecule has 0 saturated carbocycles. The largest absolute Gasteiger partial charge is 0.484 e. The van der Waals surface area contributed by atoms with E-state index in [2.05, 4.69) is 5.32 Å². The molecule has 2 rings (SSSR count). The minimum Gasteiger partial charge on any atom is -0.484 e. The third kappa shape index (κ3) is 3.74. The molecule has 0 atom stereocenters. The Morgan fingerprint density at radius 1 is 1.21 bits per heavy atom. The summed E-state index contributed by atoms with van der Waals surface area (Å²) in [6, 6.07) is 14.6. The van der Waals surface area contributed by atoms with E-state index in [9.17, 15) is 4.79 Å². The smallest absolute Gasteiger partial charge is 0.262 e. The molecule has 2 aromatic carbocycles. The number of carbonyl (C=O) groups excluding carboxylic acids is 1. The molecule has 0 aliphatic carbocycles. The van der Waals surface area contributed by atoms with Crippen LogP contribution < -0.4 is 15.8 Å². The molecule has 1 amide bonds. The summed E-state index contributed by atoms with van der Waals surface area (Å²) in [6.07, 6.45) is 0. The lowest BCUT2D eigenvalue weighted by Gasteiger charge is -2.08. The summed E-state index contributed by atoms with van der Waals surface area (Å²) in [5.41, 5.74) is 8.07. The van der Waals surface area contributed by atoms with Gasteiger partial charge in [-0.1, -0.05) is 18.2 Å². The van der Waals surface area contributed by atoms with Crippen LogP contribution in [0.3, 0.4) is 0 Å². The second kappa shape index (κ2) is 5.91. The number of benzene rings is 2. The predicted molar refractivity (Wildman–Crippen MR) is 76.2 cm³/mol. The Hall–Kier alpha value is -2.49. The van der Waals surface area contributed by atoms with E-state index in [-0.39, 0.29) is 12.5 Å². The van der Waals surface area contributed by atoms with Gasteiger partial charge in [-0.25, -0.2) is 0 Å². The molecule has 98 valence electrons. The highest BCUT2D eigenvalue weighted by Gasteiger charge is 2.04. The molecule has 0 aliphatic heterocycles. The molecule has 0 fully saturated rings. The summed E-state index contributed by atoms with van der Waals surface area (Å²) in [6.45, 7) is 1.87. The molecule has 4 heteroatoms. The summed E-state index contributed by atoms with van der Waals surface area (Å²) in [4.78, 5) is 11.7. The molecule has 19 heavy (non-hydrogen) atoms. The van der Waals surface area contributed by atoms with E-state index in [0.717, 1.165) is 5.56 Å². The van der Waals surface area contributed by atoms with Crippen LogP contribution in [0, 0.1) is 6.92 Å². The van der Waals surface area contributed by atoms with Crippen molar-refractivity contribution in [1.29, 1.82) is 0 Å². The van der Waals surface area contributed by atoms with Gasteiger partial charge in [0.1, 0.15) is 5.75 Å². The molecule has 0 radical (unpaired) electrons. The monoisotopic (exact) mass is 256 g/mol. The SMILES string of the molecule is Cc1cc(NC(=O)COc2ccccc2)ccc1N. The van der Waals surface area contributed by atoms with Crippen LogP contribution in [-0.4, -0.2) is 12.5 Å². The molecule has 0 heterocycles. The highest BCUT2D eigenvalue weighted by Crippen LogP contribution is 2.16. The van der Waals surface area contributed by atoms with Crippen molar-refractivity contribution in [2.75, 3.05) is 17.7 Å². The number of rotatable bonds is 4. The van der Waals surface area contributed by atoms with E-state index in [1.165, 1.54) is 0 Å². The topological polar surface area (TPSA) is 64.3 Å². The Morgan fingerprint density at radius 2 is 1.95 bits per heavy atom. The van der Waals surface area contributed by atoms with Crippen molar-refractivity contribution in [3.05, 3.63) is 54.1 Å². The van der Waals surface area contributed by atoms with Gasteiger partial charge in [0.2, 0.25) is 0 Å². The van der Waals surface area contributed by atoms with Crippen molar-refractivity contribution in [3.63, 3.8) is 0 Å². The molecular weight excluding hydrogens is 240 g/mol. The first kappa shape index (κ1) is 13.0. The number of aryl methyl sites for hydroxylation is 1. The van der Waals surface area contributed by atoms with Gasteiger partial charge in [0.25, 0.3) is 5.91 Å². The maximum absolute atomic E-state index is 11.7. The van der Waals surface area contributed by atoms with Crippen molar-refractivity contribution in [2.45, 2.75) is 6.92 Å². The molecule has 4 nitrogen and oxygen atoms in total. The Kier molecular flexibility index (Phi) is 4.03. The number of carbonyl (C=O) groups is 1. The summed E-state index contributed by atoms with van der Waals surface area (Å²) >= 11 is 0. The second-order valence-corrected chi connectivity index (χ2v) is 4.22. The Morgan fingerprint density at radius 3 is 2.63 bits per heavy atom. The summed E-state index contributed by atoms with van der Waals surface area (Å²) < 4.78 is 5.36. The van der Waals surface area contributed by atoms with Crippen LogP contribution >= 0.6 is 0 Å². The van der Waals surface area contributed by atoms with Gasteiger partial charge >= 0.3 is 0 Å². The van der Waals surface area contributed by atoms with Gasteiger partial charge in [0.15, 0.2) is 6.61 Å². The lowest BCUT2D eigenvalue weighted by atomic mass is 10.2. The van der Waals surface area contributed by atoms with E-state index < -0.39 is 0 Å². The standard InChI is InChI=1S/C15H16N2O2/c1-11-9-12(7-8-14(11)16)17-15(18)10-19-13-5-3-2-4-6-13/h2-9H,10,16H2,1H3,(H,17,18). The van der Waals surface area contributed by atoms with Crippen LogP contribution in [-0.2, 0) is 4.79 Å². The highest BCUT2D eigenvalue weighted by atomic mass is 16.5. The molecule has 0 saturated heterocycles. The van der Waals surface area contributed by atoms with Crippen LogP contribution in [0.1, 0.15) is 5.56 Å². The first-order valence-electron chi connectivity index (χ1n) is 5.99. The zero-order valence-electron chi connectivity index (χ0n) is 10.7. The van der Waals surface area contributed by atoms with Gasteiger partial charge in [0.05, 0.1) is 0 Å². The molecule has 0 aliphatic rings. The van der Waals surface area contributed by atoms with Crippen molar-refractivity contribution < 1.29 is 9.53 Å². The summed E-state index contributed by atoms with van der Waals surface area (Å²) in [5, 5.41) is 2.76. The van der Waals surface area contributed by atoms with Gasteiger partial charge in [-0.05, 0) is 42.8 Å². The lowest BCUT2D eigenvalue weighted by Crippen LogP contribution is -2.20. The van der Waals surface area contributed by atoms with Crippen molar-refractivity contribution in [1.82, 2.24) is 0 Å². The number of amides is 1. The molecule has 2 aromatic rings. The quantitative estimate of drug-likeness (QED) is 0.826. The van der Waals surface area contributed by atoms with E-state index >= 15 is 0 Å². The molecule has 0 bridgehead atoms. The van der Waals surface area contributed by atoms with Crippen molar-refractivity contribution in [3.8, 4) is 5.75 Å². The minimum atomic E-state index is -0.201. The normalized spacial score (nSPS) is 9.95. The predicted octanol–water partition coefficient (Wildman–Crippen LogP) is 2.59. The average Bonchev–Trinajstić information content (AvgIpc) is 2.42. The zero-order valence-corrected chi connectivity index (χ0v) is 10.7. The molecule has 3 N–H and O–H groups in total. The number of anilines is 2. The fraction of sp³-hybridized carbons (Fsp3) is 0.133. The van der Waals surface area contributed by atoms with Crippen LogP contribution in [0.4, 0.5) is 11.4 Å². The fourth-order valence-electron chi connectivity index (χ4n) is 1.62. The number of hydrogen-bond donors (Lipinski definition) is 2. The zero-order chi connectivity index (χ0) is 13.7. The van der Waals surface area contributed by atoms with Crippen molar-refractivity contribution in [2.24, 2.45) is 0 Å². The van der Waals surface area contributed by atoms with Gasteiger partial charge in [-0.2, -0.15) is 0 Å². The second-order valence-electron chi connectivity index (χ2n) is 4.22. The first-order chi connectivity index (χ1) is 9.15. The number of nitrogens with two attached hydrogens (primary N) is 1. The Bertz CT molecular complexity index is 568. The Labute approximate surface area is 112 Å². The van der Waals surface area contributed by atoms with Gasteiger partial charge < -0.3 is 15.8 Å². The number of hydrogen-bond acceptors (Lipinski definition) is 3. The van der Waals surface area contributed by atoms with E-state index in [0.29, 0.717) is 17.1 Å². The first-order valence-corrected chi connectivity index (χ1v) is 5.99. The molecular formula is C15H16N2O2. The lowest BCUT2D eigenvalue weighted by molar-refractivity contribution is -0.118. The van der Waals surface area contributed by atoms with Crippen LogP contribution in [0.15, 0.2) is 48.5 Å². The average molecular weight is 256 g/mol. The summed E-state index contributed by atoms with van der Waals surface area (Å²) in [7, 11) is 0. The van der Waals surface area contributed by atoms with Crippen LogP contribution in [0.25, 0.3) is 0 Å². The van der Waals surface area contributed by atoms with Crippen LogP contribution in [0.5, 0.6) is 5.75 Å². The van der Waals surface area contributed by atoms with E-state index in [1.807, 2.05) is 31.2 Å². The van der Waals surface area contributed by atoms with Gasteiger partial charge in [-0.15, -0.1) is 0 Å². The number of ether oxygens (including phenoxy) is 1. The third-order valence-electron chi connectivity index (χ3n) is 2.67. The van der Waals surface area contributed by atoms with E-state index in [4.69, 9.17) is 10.5 Å². The van der Waals surface area contributed by atoms with Gasteiger partial charge in [0, 0.05) is 11.4 Å². The number of nitrogens with one attached hydrogen (secondary N) is 1. The number of nitrogen functional groups attached to an aromatic ring is 1. The molecule has 0 unspecified atom stereocenters. The number of para-hydroxylation sites is 1. The Balaban J connectivity index is 1.89. The maximum atomic E-state index is 11.7. The summed E-state index contributed by atoms with van der Waals surface area (Å²) in [5.74, 6) is 0.471. The molecule has 0 aromatic heterocycles. The van der Waals surface area contributed by atoms with Crippen LogP contribution in [0.2, 0.25) is 0 Å². The van der Waals surface area contributed by atoms with Crippen molar-refractivity contribution >= 4 is 17.3 Å². The fourth-order valence-corrected chi connectivity index (χ4v) is 1.62. The van der Waals surface area contributed by atoms with Gasteiger partial charge in [-0.3, -0.25) is 4.79 Å².